The fourth-order valence-corrected chi connectivity index (χ4v) is 5.37. The van der Waals surface area contributed by atoms with Gasteiger partial charge in [0.1, 0.15) is 5.75 Å². The van der Waals surface area contributed by atoms with Crippen LogP contribution in [-0.2, 0) is 5.54 Å². The molecule has 0 aliphatic carbocycles. The van der Waals surface area contributed by atoms with E-state index in [1.165, 1.54) is 27.8 Å². The van der Waals surface area contributed by atoms with Crippen molar-refractivity contribution in [2.75, 3.05) is 33.3 Å². The highest BCUT2D eigenvalue weighted by Crippen LogP contribution is 2.36. The zero-order chi connectivity index (χ0) is 27.5. The van der Waals surface area contributed by atoms with Gasteiger partial charge in [0.15, 0.2) is 0 Å². The standard InChI is InChI=1S/C36H44N2O/c1-29(2)34-23-22-30(3)28-35(34)39-27-15-26-38(4)25-14-24-37-36(31-16-8-5-9-17-31,32-18-10-6-11-19-32)33-20-12-7-13-21-33/h5-13,16-23,28-29,37H,14-15,24-27H2,1-4H3. The highest BCUT2D eigenvalue weighted by atomic mass is 16.5. The number of nitrogens with zero attached hydrogens (tertiary/aromatic N) is 1. The van der Waals surface area contributed by atoms with Crippen molar-refractivity contribution in [3.63, 3.8) is 0 Å². The first-order valence-corrected chi connectivity index (χ1v) is 14.3. The molecule has 0 saturated carbocycles. The maximum Gasteiger partial charge on any atom is 0.122 e. The normalized spacial score (nSPS) is 11.7. The molecule has 0 bridgehead atoms. The van der Waals surface area contributed by atoms with Gasteiger partial charge in [-0.05, 0) is 79.7 Å². The zero-order valence-electron chi connectivity index (χ0n) is 24.1. The molecular formula is C36H44N2O. The van der Waals surface area contributed by atoms with Gasteiger partial charge in [-0.2, -0.15) is 0 Å². The largest absolute Gasteiger partial charge is 0.493 e. The van der Waals surface area contributed by atoms with Crippen LogP contribution in [0.25, 0.3) is 0 Å². The molecule has 0 fully saturated rings. The van der Waals surface area contributed by atoms with Gasteiger partial charge in [-0.1, -0.05) is 117 Å². The first-order valence-electron chi connectivity index (χ1n) is 14.3. The van der Waals surface area contributed by atoms with Gasteiger partial charge in [-0.25, -0.2) is 0 Å². The van der Waals surface area contributed by atoms with Crippen LogP contribution in [0.15, 0.2) is 109 Å². The summed E-state index contributed by atoms with van der Waals surface area (Å²) in [6.45, 7) is 10.3. The Hall–Kier alpha value is -3.40. The number of benzene rings is 4. The minimum Gasteiger partial charge on any atom is -0.493 e. The van der Waals surface area contributed by atoms with Crippen LogP contribution in [0.3, 0.4) is 0 Å². The molecule has 0 aromatic heterocycles. The summed E-state index contributed by atoms with van der Waals surface area (Å²) in [5, 5.41) is 4.00. The number of aryl methyl sites for hydroxylation is 1. The number of nitrogens with one attached hydrogen (secondary N) is 1. The van der Waals surface area contributed by atoms with E-state index in [9.17, 15) is 0 Å². The molecule has 4 rings (SSSR count). The second-order valence-electron chi connectivity index (χ2n) is 10.8. The summed E-state index contributed by atoms with van der Waals surface area (Å²) in [6.07, 6.45) is 2.07. The Kier molecular flexibility index (Phi) is 10.4. The van der Waals surface area contributed by atoms with E-state index in [1.54, 1.807) is 0 Å². The highest BCUT2D eigenvalue weighted by Gasteiger charge is 2.35. The molecule has 4 aromatic rings. The Morgan fingerprint density at radius 2 is 1.23 bits per heavy atom. The molecule has 3 heteroatoms. The van der Waals surface area contributed by atoms with Gasteiger partial charge in [0, 0.05) is 6.54 Å². The molecule has 4 aromatic carbocycles. The molecule has 0 aliphatic rings. The molecular weight excluding hydrogens is 476 g/mol. The van der Waals surface area contributed by atoms with Crippen molar-refractivity contribution < 1.29 is 4.74 Å². The second-order valence-corrected chi connectivity index (χ2v) is 10.8. The molecule has 0 unspecified atom stereocenters. The van der Waals surface area contributed by atoms with E-state index in [0.29, 0.717) is 5.92 Å². The molecule has 0 radical (unpaired) electrons. The molecule has 0 amide bonds. The van der Waals surface area contributed by atoms with Crippen LogP contribution >= 0.6 is 0 Å². The van der Waals surface area contributed by atoms with E-state index in [1.807, 2.05) is 0 Å². The Bertz CT molecular complexity index is 1160. The van der Waals surface area contributed by atoms with Crippen molar-refractivity contribution in [1.29, 1.82) is 0 Å². The van der Waals surface area contributed by atoms with Crippen molar-refractivity contribution in [2.24, 2.45) is 0 Å². The Labute approximate surface area is 235 Å². The molecule has 204 valence electrons. The van der Waals surface area contributed by atoms with Gasteiger partial charge in [0.2, 0.25) is 0 Å². The summed E-state index contributed by atoms with van der Waals surface area (Å²) >= 11 is 0. The molecule has 0 heterocycles. The molecule has 1 N–H and O–H groups in total. The Morgan fingerprint density at radius 1 is 0.718 bits per heavy atom. The van der Waals surface area contributed by atoms with E-state index < -0.39 is 5.54 Å². The number of hydrogen-bond acceptors (Lipinski definition) is 3. The number of hydrogen-bond donors (Lipinski definition) is 1. The lowest BCUT2D eigenvalue weighted by molar-refractivity contribution is 0.257. The van der Waals surface area contributed by atoms with Gasteiger partial charge in [0.05, 0.1) is 12.1 Å². The van der Waals surface area contributed by atoms with Gasteiger partial charge in [0.25, 0.3) is 0 Å². The molecule has 0 spiro atoms. The quantitative estimate of drug-likeness (QED) is 0.136. The van der Waals surface area contributed by atoms with E-state index in [2.05, 4.69) is 147 Å². The lowest BCUT2D eigenvalue weighted by Crippen LogP contribution is -2.45. The predicted molar refractivity (Wildman–Crippen MR) is 165 cm³/mol. The summed E-state index contributed by atoms with van der Waals surface area (Å²) in [4.78, 5) is 2.42. The first kappa shape index (κ1) is 28.6. The maximum atomic E-state index is 6.21. The fraction of sp³-hybridized carbons (Fsp3) is 0.333. The SMILES string of the molecule is Cc1ccc(C(C)C)c(OCCCN(C)CCCNC(c2ccccc2)(c2ccccc2)c2ccccc2)c1. The van der Waals surface area contributed by atoms with Crippen molar-refractivity contribution in [2.45, 2.75) is 45.1 Å². The average Bonchev–Trinajstić information content (AvgIpc) is 2.97. The third-order valence-electron chi connectivity index (χ3n) is 7.46. The van der Waals surface area contributed by atoms with Crippen LogP contribution in [0.4, 0.5) is 0 Å². The first-order chi connectivity index (χ1) is 19.0. The van der Waals surface area contributed by atoms with Gasteiger partial charge >= 0.3 is 0 Å². The maximum absolute atomic E-state index is 6.21. The van der Waals surface area contributed by atoms with Crippen LogP contribution < -0.4 is 10.1 Å². The third-order valence-corrected chi connectivity index (χ3v) is 7.46. The zero-order valence-corrected chi connectivity index (χ0v) is 24.1. The summed E-state index contributed by atoms with van der Waals surface area (Å²) in [7, 11) is 2.21. The smallest absolute Gasteiger partial charge is 0.122 e. The molecule has 3 nitrogen and oxygen atoms in total. The van der Waals surface area contributed by atoms with E-state index in [4.69, 9.17) is 4.74 Å². The topological polar surface area (TPSA) is 24.5 Å². The van der Waals surface area contributed by atoms with Gasteiger partial charge in [-0.15, -0.1) is 0 Å². The summed E-state index contributed by atoms with van der Waals surface area (Å²) in [6, 6.07) is 39.0. The minimum atomic E-state index is -0.405. The summed E-state index contributed by atoms with van der Waals surface area (Å²) in [5.74, 6) is 1.50. The van der Waals surface area contributed by atoms with Crippen molar-refractivity contribution in [3.8, 4) is 5.75 Å². The van der Waals surface area contributed by atoms with Gasteiger partial charge in [-0.3, -0.25) is 5.32 Å². The van der Waals surface area contributed by atoms with Crippen LogP contribution in [0.2, 0.25) is 0 Å². The lowest BCUT2D eigenvalue weighted by Gasteiger charge is -2.37. The van der Waals surface area contributed by atoms with Crippen LogP contribution in [0.5, 0.6) is 5.75 Å². The minimum absolute atomic E-state index is 0.405. The molecule has 0 saturated heterocycles. The van der Waals surface area contributed by atoms with Crippen molar-refractivity contribution in [1.82, 2.24) is 10.2 Å². The Morgan fingerprint density at radius 3 is 1.74 bits per heavy atom. The third kappa shape index (κ3) is 7.38. The number of rotatable bonds is 14. The predicted octanol–water partition coefficient (Wildman–Crippen LogP) is 7.79. The summed E-state index contributed by atoms with van der Waals surface area (Å²) in [5.41, 5.74) is 5.90. The van der Waals surface area contributed by atoms with Crippen LogP contribution in [0, 0.1) is 6.92 Å². The molecule has 39 heavy (non-hydrogen) atoms. The highest BCUT2D eigenvalue weighted by molar-refractivity contribution is 5.49. The van der Waals surface area contributed by atoms with Crippen LogP contribution in [0.1, 0.15) is 60.4 Å². The van der Waals surface area contributed by atoms with Gasteiger partial charge < -0.3 is 9.64 Å². The Balaban J connectivity index is 1.36. The lowest BCUT2D eigenvalue weighted by atomic mass is 9.77. The molecule has 0 aliphatic heterocycles. The fourth-order valence-electron chi connectivity index (χ4n) is 5.37. The van der Waals surface area contributed by atoms with Crippen molar-refractivity contribution >= 4 is 0 Å². The van der Waals surface area contributed by atoms with E-state index in [-0.39, 0.29) is 0 Å². The van der Waals surface area contributed by atoms with Crippen molar-refractivity contribution in [3.05, 3.63) is 137 Å². The average molecular weight is 521 g/mol. The monoisotopic (exact) mass is 520 g/mol. The molecule has 0 atom stereocenters. The van der Waals surface area contributed by atoms with E-state index in [0.717, 1.165) is 44.8 Å². The van der Waals surface area contributed by atoms with Crippen LogP contribution in [-0.4, -0.2) is 38.2 Å². The van der Waals surface area contributed by atoms with E-state index >= 15 is 0 Å². The number of ether oxygens (including phenoxy) is 1. The second kappa shape index (κ2) is 14.1. The summed E-state index contributed by atoms with van der Waals surface area (Å²) < 4.78 is 6.21.